The molecule has 0 radical (unpaired) electrons. The van der Waals surface area contributed by atoms with Crippen LogP contribution in [0, 0.1) is 11.2 Å². The Morgan fingerprint density at radius 3 is 2.74 bits per heavy atom. The second kappa shape index (κ2) is 7.31. The highest BCUT2D eigenvalue weighted by atomic mass is 19.1. The number of amides is 1. The number of halogens is 1. The third-order valence-electron chi connectivity index (χ3n) is 5.90. The molecule has 1 saturated carbocycles. The van der Waals surface area contributed by atoms with E-state index in [1.807, 2.05) is 0 Å². The summed E-state index contributed by atoms with van der Waals surface area (Å²) < 4.78 is 23.8. The van der Waals surface area contributed by atoms with Gasteiger partial charge in [-0.1, -0.05) is 5.16 Å². The third-order valence-corrected chi connectivity index (χ3v) is 5.90. The average Bonchev–Trinajstić information content (AvgIpc) is 3.16. The van der Waals surface area contributed by atoms with Gasteiger partial charge in [0.1, 0.15) is 11.6 Å². The second-order valence-electron chi connectivity index (χ2n) is 8.08. The zero-order valence-electron chi connectivity index (χ0n) is 16.4. The van der Waals surface area contributed by atoms with Gasteiger partial charge in [-0.25, -0.2) is 19.0 Å². The summed E-state index contributed by atoms with van der Waals surface area (Å²) in [6, 6.07) is 8.80. The maximum atomic E-state index is 13.5. The summed E-state index contributed by atoms with van der Waals surface area (Å²) in [5.41, 5.74) is 0.520. The number of aromatic carboxylic acids is 1. The zero-order valence-corrected chi connectivity index (χ0v) is 16.4. The molecule has 31 heavy (non-hydrogen) atoms. The van der Waals surface area contributed by atoms with Gasteiger partial charge in [-0.15, -0.1) is 0 Å². The van der Waals surface area contributed by atoms with Crippen LogP contribution < -0.4 is 10.2 Å². The predicted octanol–water partition coefficient (Wildman–Crippen LogP) is 2.96. The van der Waals surface area contributed by atoms with Crippen molar-refractivity contribution in [3.63, 3.8) is 0 Å². The van der Waals surface area contributed by atoms with Crippen molar-refractivity contribution in [2.75, 3.05) is 18.0 Å². The quantitative estimate of drug-likeness (QED) is 0.639. The van der Waals surface area contributed by atoms with Crippen LogP contribution >= 0.6 is 0 Å². The van der Waals surface area contributed by atoms with E-state index in [1.54, 1.807) is 18.2 Å². The third kappa shape index (κ3) is 3.59. The number of fused-ring (bicyclic) bond motifs is 1. The molecule has 3 aromatic rings. The maximum Gasteiger partial charge on any atom is 0.416 e. The average molecular weight is 426 g/mol. The smallest absolute Gasteiger partial charge is 0.416 e. The number of carboxylic acid groups (broad SMARTS) is 1. The van der Waals surface area contributed by atoms with E-state index in [9.17, 15) is 14.0 Å². The monoisotopic (exact) mass is 426 g/mol. The molecule has 1 amide bonds. The van der Waals surface area contributed by atoms with Gasteiger partial charge in [0.25, 0.3) is 0 Å². The number of hydrogen-bond acceptors (Lipinski definition) is 7. The molecule has 1 saturated heterocycles. The fourth-order valence-corrected chi connectivity index (χ4v) is 4.22. The Labute approximate surface area is 175 Å². The minimum absolute atomic E-state index is 0.0793. The first-order valence-corrected chi connectivity index (χ1v) is 9.84. The number of rotatable bonds is 5. The summed E-state index contributed by atoms with van der Waals surface area (Å²) in [6.07, 6.45) is 1.03. The maximum absolute atomic E-state index is 13.5. The molecule has 5 rings (SSSR count). The molecule has 0 unspecified atom stereocenters. The minimum atomic E-state index is -1.23. The van der Waals surface area contributed by atoms with Crippen LogP contribution in [0.3, 0.4) is 0 Å². The molecule has 0 bridgehead atoms. The molecule has 9 nitrogen and oxygen atoms in total. The number of anilines is 1. The van der Waals surface area contributed by atoms with E-state index in [0.717, 1.165) is 25.9 Å². The van der Waals surface area contributed by atoms with Gasteiger partial charge in [-0.3, -0.25) is 4.90 Å². The molecule has 160 valence electrons. The van der Waals surface area contributed by atoms with Crippen LogP contribution in [0.2, 0.25) is 0 Å². The summed E-state index contributed by atoms with van der Waals surface area (Å²) in [5, 5.41) is 16.2. The highest BCUT2D eigenvalue weighted by Crippen LogP contribution is 2.47. The standard InChI is InChI=1S/C21H19FN4O5/c22-13-2-3-16-12(5-13)1-4-18(24-16)26(14-7-21(8-14)10-23-11-21)20(29)30-9-15-6-17(19(27)28)25-31-15/h1-6,14,23H,7-11H2,(H,27,28). The number of carbonyl (C=O) groups is 2. The highest BCUT2D eigenvalue weighted by molar-refractivity contribution is 5.90. The molecule has 1 aromatic carbocycles. The molecule has 2 N–H and O–H groups in total. The van der Waals surface area contributed by atoms with Crippen molar-refractivity contribution in [3.8, 4) is 0 Å². The SMILES string of the molecule is O=C(O)c1cc(COC(=O)N(c2ccc3cc(F)ccc3n2)C2CC3(CNC3)C2)on1. The first kappa shape index (κ1) is 19.4. The van der Waals surface area contributed by atoms with Gasteiger partial charge in [-0.05, 0) is 48.6 Å². The van der Waals surface area contributed by atoms with Gasteiger partial charge in [0.05, 0.1) is 5.52 Å². The molecular formula is C21H19FN4O5. The lowest BCUT2D eigenvalue weighted by atomic mass is 9.61. The van der Waals surface area contributed by atoms with E-state index in [-0.39, 0.29) is 35.3 Å². The molecule has 1 aliphatic carbocycles. The van der Waals surface area contributed by atoms with Crippen molar-refractivity contribution >= 4 is 28.8 Å². The number of pyridine rings is 1. The number of nitrogens with zero attached hydrogens (tertiary/aromatic N) is 3. The summed E-state index contributed by atoms with van der Waals surface area (Å²) in [6.45, 7) is 1.59. The lowest BCUT2D eigenvalue weighted by molar-refractivity contribution is 0.0324. The van der Waals surface area contributed by atoms with E-state index in [1.165, 1.54) is 23.1 Å². The number of carboxylic acids is 1. The number of aromatic nitrogens is 2. The normalized spacial score (nSPS) is 17.2. The fourth-order valence-electron chi connectivity index (χ4n) is 4.22. The summed E-state index contributed by atoms with van der Waals surface area (Å²) in [7, 11) is 0. The molecule has 3 heterocycles. The lowest BCUT2D eigenvalue weighted by Crippen LogP contribution is -2.66. The molecule has 2 aliphatic rings. The Kier molecular flexibility index (Phi) is 4.58. The molecule has 10 heteroatoms. The van der Waals surface area contributed by atoms with Gasteiger partial charge in [0, 0.05) is 30.6 Å². The van der Waals surface area contributed by atoms with Gasteiger partial charge >= 0.3 is 12.1 Å². The predicted molar refractivity (Wildman–Crippen MR) is 106 cm³/mol. The van der Waals surface area contributed by atoms with Gasteiger partial charge in [-0.2, -0.15) is 0 Å². The van der Waals surface area contributed by atoms with Crippen molar-refractivity contribution in [2.24, 2.45) is 5.41 Å². The number of ether oxygens (including phenoxy) is 1. The fraction of sp³-hybridized carbons (Fsp3) is 0.333. The minimum Gasteiger partial charge on any atom is -0.476 e. The van der Waals surface area contributed by atoms with Crippen LogP contribution in [0.15, 0.2) is 40.9 Å². The molecular weight excluding hydrogens is 407 g/mol. The van der Waals surface area contributed by atoms with Crippen LogP contribution in [0.1, 0.15) is 29.1 Å². The summed E-state index contributed by atoms with van der Waals surface area (Å²) in [4.78, 5) is 30.0. The molecule has 1 spiro atoms. The van der Waals surface area contributed by atoms with E-state index < -0.39 is 12.1 Å². The Morgan fingerprint density at radius 2 is 2.06 bits per heavy atom. The topological polar surface area (TPSA) is 118 Å². The zero-order chi connectivity index (χ0) is 21.6. The first-order valence-electron chi connectivity index (χ1n) is 9.84. The van der Waals surface area contributed by atoms with Crippen LogP contribution in [0.4, 0.5) is 15.0 Å². The Bertz CT molecular complexity index is 1170. The Hall–Kier alpha value is -3.53. The van der Waals surface area contributed by atoms with Crippen molar-refractivity contribution in [3.05, 3.63) is 53.7 Å². The summed E-state index contributed by atoms with van der Waals surface area (Å²) >= 11 is 0. The van der Waals surface area contributed by atoms with E-state index >= 15 is 0 Å². The van der Waals surface area contributed by atoms with Gasteiger partial charge in [0.2, 0.25) is 0 Å². The molecule has 2 fully saturated rings. The van der Waals surface area contributed by atoms with E-state index in [2.05, 4.69) is 15.5 Å². The van der Waals surface area contributed by atoms with E-state index in [4.69, 9.17) is 14.4 Å². The molecule has 2 aromatic heterocycles. The van der Waals surface area contributed by atoms with Gasteiger partial charge in [0.15, 0.2) is 18.1 Å². The van der Waals surface area contributed by atoms with Crippen molar-refractivity contribution in [2.45, 2.75) is 25.5 Å². The Morgan fingerprint density at radius 1 is 1.26 bits per heavy atom. The van der Waals surface area contributed by atoms with Gasteiger partial charge < -0.3 is 19.7 Å². The number of nitrogens with one attached hydrogen (secondary N) is 1. The van der Waals surface area contributed by atoms with Crippen molar-refractivity contribution in [1.82, 2.24) is 15.5 Å². The van der Waals surface area contributed by atoms with Crippen LogP contribution in [0.5, 0.6) is 0 Å². The van der Waals surface area contributed by atoms with Crippen LogP contribution in [-0.4, -0.2) is 46.4 Å². The number of carbonyl (C=O) groups excluding carboxylic acids is 1. The molecule has 1 aliphatic heterocycles. The highest BCUT2D eigenvalue weighted by Gasteiger charge is 2.52. The first-order chi connectivity index (χ1) is 14.9. The molecule has 0 atom stereocenters. The summed E-state index contributed by atoms with van der Waals surface area (Å²) in [5.74, 6) is -1.04. The van der Waals surface area contributed by atoms with Crippen LogP contribution in [0.25, 0.3) is 10.9 Å². The van der Waals surface area contributed by atoms with Crippen molar-refractivity contribution in [1.29, 1.82) is 0 Å². The number of benzene rings is 1. The largest absolute Gasteiger partial charge is 0.476 e. The second-order valence-corrected chi connectivity index (χ2v) is 8.08. The lowest BCUT2D eigenvalue weighted by Gasteiger charge is -2.56. The Balaban J connectivity index is 1.38. The van der Waals surface area contributed by atoms with E-state index in [0.29, 0.717) is 16.7 Å². The van der Waals surface area contributed by atoms with Crippen molar-refractivity contribution < 1.29 is 28.3 Å². The number of hydrogen-bond donors (Lipinski definition) is 2. The van der Waals surface area contributed by atoms with Crippen LogP contribution in [-0.2, 0) is 11.3 Å².